The van der Waals surface area contributed by atoms with Gasteiger partial charge in [-0.05, 0) is 12.1 Å². The molecule has 0 radical (unpaired) electrons. The van der Waals surface area contributed by atoms with Crippen molar-refractivity contribution in [1.82, 2.24) is 0 Å². The molecular weight excluding hydrogens is 241 g/mol. The van der Waals surface area contributed by atoms with E-state index in [9.17, 15) is 13.2 Å². The highest BCUT2D eigenvalue weighted by molar-refractivity contribution is 6.22. The number of benzene rings is 1. The Kier molecular flexibility index (Phi) is 2.92. The maximum Gasteiger partial charge on any atom is 0.134 e. The van der Waals surface area contributed by atoms with E-state index in [1.807, 2.05) is 0 Å². The van der Waals surface area contributed by atoms with Crippen LogP contribution in [0.1, 0.15) is 16.7 Å². The first-order chi connectivity index (χ1) is 7.59. The van der Waals surface area contributed by atoms with E-state index in [-0.39, 0.29) is 5.76 Å². The van der Waals surface area contributed by atoms with Crippen LogP contribution in [-0.4, -0.2) is 0 Å². The molecule has 0 bridgehead atoms. The lowest BCUT2D eigenvalue weighted by atomic mass is 10.1. The molecule has 0 aliphatic heterocycles. The molecular formula is C11H6ClF3O. The number of furan rings is 1. The fraction of sp³-hybridized carbons (Fsp3) is 0.0909. The molecule has 0 fully saturated rings. The number of halogens is 4. The van der Waals surface area contributed by atoms with E-state index in [1.165, 1.54) is 12.3 Å². The number of rotatable bonds is 2. The van der Waals surface area contributed by atoms with E-state index in [4.69, 9.17) is 16.0 Å². The van der Waals surface area contributed by atoms with Crippen molar-refractivity contribution in [2.75, 3.05) is 0 Å². The van der Waals surface area contributed by atoms with Crippen molar-refractivity contribution in [2.45, 2.75) is 5.38 Å². The van der Waals surface area contributed by atoms with Crippen LogP contribution in [0.15, 0.2) is 34.9 Å². The molecule has 84 valence electrons. The van der Waals surface area contributed by atoms with Crippen LogP contribution in [0, 0.1) is 17.5 Å². The van der Waals surface area contributed by atoms with Crippen molar-refractivity contribution in [1.29, 1.82) is 0 Å². The van der Waals surface area contributed by atoms with Gasteiger partial charge in [-0.1, -0.05) is 0 Å². The van der Waals surface area contributed by atoms with Crippen LogP contribution in [0.25, 0.3) is 0 Å². The maximum atomic E-state index is 13.3. The van der Waals surface area contributed by atoms with Crippen molar-refractivity contribution in [2.24, 2.45) is 0 Å². The van der Waals surface area contributed by atoms with E-state index in [1.54, 1.807) is 6.07 Å². The van der Waals surface area contributed by atoms with Gasteiger partial charge < -0.3 is 4.42 Å². The van der Waals surface area contributed by atoms with Crippen LogP contribution in [0.3, 0.4) is 0 Å². The molecule has 2 aromatic rings. The summed E-state index contributed by atoms with van der Waals surface area (Å²) in [4.78, 5) is 0. The molecule has 2 rings (SSSR count). The summed E-state index contributed by atoms with van der Waals surface area (Å²) in [7, 11) is 0. The molecule has 0 amide bonds. The predicted octanol–water partition coefficient (Wildman–Crippen LogP) is 4.03. The van der Waals surface area contributed by atoms with Gasteiger partial charge in [-0.15, -0.1) is 11.6 Å². The monoisotopic (exact) mass is 246 g/mol. The third kappa shape index (κ3) is 1.93. The first kappa shape index (κ1) is 11.1. The zero-order valence-corrected chi connectivity index (χ0v) is 8.64. The molecule has 1 aromatic heterocycles. The van der Waals surface area contributed by atoms with Gasteiger partial charge in [-0.3, -0.25) is 0 Å². The SMILES string of the molecule is Fc1cc(F)c(C(Cl)c2ccco2)c(F)c1. The topological polar surface area (TPSA) is 13.1 Å². The van der Waals surface area contributed by atoms with Crippen molar-refractivity contribution in [3.8, 4) is 0 Å². The Labute approximate surface area is 94.4 Å². The molecule has 16 heavy (non-hydrogen) atoms. The van der Waals surface area contributed by atoms with E-state index >= 15 is 0 Å². The van der Waals surface area contributed by atoms with Crippen molar-refractivity contribution in [3.63, 3.8) is 0 Å². The van der Waals surface area contributed by atoms with E-state index in [0.29, 0.717) is 12.1 Å². The van der Waals surface area contributed by atoms with Gasteiger partial charge in [-0.2, -0.15) is 0 Å². The van der Waals surface area contributed by atoms with Crippen molar-refractivity contribution >= 4 is 11.6 Å². The summed E-state index contributed by atoms with van der Waals surface area (Å²) in [5.74, 6) is -2.85. The molecule has 0 saturated carbocycles. The summed E-state index contributed by atoms with van der Waals surface area (Å²) >= 11 is 5.84. The quantitative estimate of drug-likeness (QED) is 0.730. The van der Waals surface area contributed by atoms with Crippen LogP contribution in [0.2, 0.25) is 0 Å². The molecule has 0 saturated heterocycles. The van der Waals surface area contributed by atoms with Gasteiger partial charge in [0.15, 0.2) is 0 Å². The minimum atomic E-state index is -1.12. The summed E-state index contributed by atoms with van der Waals surface area (Å²) < 4.78 is 44.3. The molecule has 1 atom stereocenters. The minimum absolute atomic E-state index is 0.200. The molecule has 1 unspecified atom stereocenters. The highest BCUT2D eigenvalue weighted by Crippen LogP contribution is 2.33. The van der Waals surface area contributed by atoms with Crippen LogP contribution >= 0.6 is 11.6 Å². The van der Waals surface area contributed by atoms with Crippen LogP contribution in [0.5, 0.6) is 0 Å². The van der Waals surface area contributed by atoms with Gasteiger partial charge in [0, 0.05) is 17.7 Å². The number of hydrogen-bond donors (Lipinski definition) is 0. The average molecular weight is 247 g/mol. The third-order valence-electron chi connectivity index (χ3n) is 2.09. The summed E-state index contributed by atoms with van der Waals surface area (Å²) in [6, 6.07) is 4.19. The number of hydrogen-bond acceptors (Lipinski definition) is 1. The first-order valence-electron chi connectivity index (χ1n) is 4.41. The molecule has 5 heteroatoms. The Hall–Kier alpha value is -1.42. The van der Waals surface area contributed by atoms with Gasteiger partial charge >= 0.3 is 0 Å². The maximum absolute atomic E-state index is 13.3. The standard InChI is InChI=1S/C11H6ClF3O/c12-11(9-2-1-3-16-9)10-7(14)4-6(13)5-8(10)15/h1-5,11H. The molecule has 1 heterocycles. The van der Waals surface area contributed by atoms with Gasteiger partial charge in [-0.25, -0.2) is 13.2 Å². The summed E-state index contributed by atoms with van der Waals surface area (Å²) in [6.07, 6.45) is 1.34. The summed E-state index contributed by atoms with van der Waals surface area (Å²) in [6.45, 7) is 0. The molecule has 0 spiro atoms. The Morgan fingerprint density at radius 2 is 1.75 bits per heavy atom. The lowest BCUT2D eigenvalue weighted by molar-refractivity contribution is 0.489. The second kappa shape index (κ2) is 4.22. The van der Waals surface area contributed by atoms with Crippen molar-refractivity contribution < 1.29 is 17.6 Å². The first-order valence-corrected chi connectivity index (χ1v) is 4.85. The van der Waals surface area contributed by atoms with Crippen LogP contribution in [-0.2, 0) is 0 Å². The van der Waals surface area contributed by atoms with Gasteiger partial charge in [0.2, 0.25) is 0 Å². The average Bonchev–Trinajstić information content (AvgIpc) is 2.67. The zero-order chi connectivity index (χ0) is 11.7. The fourth-order valence-corrected chi connectivity index (χ4v) is 1.71. The lowest BCUT2D eigenvalue weighted by Gasteiger charge is -2.09. The largest absolute Gasteiger partial charge is 0.467 e. The Bertz CT molecular complexity index is 473. The molecule has 0 N–H and O–H groups in total. The second-order valence-electron chi connectivity index (χ2n) is 3.16. The van der Waals surface area contributed by atoms with Gasteiger partial charge in [0.05, 0.1) is 6.26 Å². The molecule has 1 nitrogen and oxygen atoms in total. The molecule has 0 aliphatic carbocycles. The predicted molar refractivity (Wildman–Crippen MR) is 52.7 cm³/mol. The minimum Gasteiger partial charge on any atom is -0.467 e. The van der Waals surface area contributed by atoms with Gasteiger partial charge in [0.25, 0.3) is 0 Å². The Morgan fingerprint density at radius 1 is 1.12 bits per heavy atom. The van der Waals surface area contributed by atoms with Gasteiger partial charge in [0.1, 0.15) is 28.6 Å². The highest BCUT2D eigenvalue weighted by atomic mass is 35.5. The van der Waals surface area contributed by atoms with E-state index in [0.717, 1.165) is 0 Å². The normalized spacial score (nSPS) is 12.8. The summed E-state index contributed by atoms with van der Waals surface area (Å²) in [5, 5.41) is -1.12. The molecule has 0 aliphatic rings. The van der Waals surface area contributed by atoms with Crippen molar-refractivity contribution in [3.05, 3.63) is 59.3 Å². The smallest absolute Gasteiger partial charge is 0.134 e. The Morgan fingerprint density at radius 3 is 2.25 bits per heavy atom. The zero-order valence-electron chi connectivity index (χ0n) is 7.88. The van der Waals surface area contributed by atoms with Crippen LogP contribution in [0.4, 0.5) is 13.2 Å². The van der Waals surface area contributed by atoms with E-state index in [2.05, 4.69) is 0 Å². The number of alkyl halides is 1. The second-order valence-corrected chi connectivity index (χ2v) is 3.60. The fourth-order valence-electron chi connectivity index (χ4n) is 1.37. The van der Waals surface area contributed by atoms with E-state index < -0.39 is 28.4 Å². The lowest BCUT2D eigenvalue weighted by Crippen LogP contribution is -2.01. The Balaban J connectivity index is 2.48. The van der Waals surface area contributed by atoms with Crippen LogP contribution < -0.4 is 0 Å². The summed E-state index contributed by atoms with van der Waals surface area (Å²) in [5.41, 5.74) is -0.419. The highest BCUT2D eigenvalue weighted by Gasteiger charge is 2.22. The molecule has 1 aromatic carbocycles. The third-order valence-corrected chi connectivity index (χ3v) is 2.52.